The van der Waals surface area contributed by atoms with E-state index >= 15 is 0 Å². The predicted octanol–water partition coefficient (Wildman–Crippen LogP) is 2.20. The lowest BCUT2D eigenvalue weighted by Gasteiger charge is -2.28. The number of carbonyl (C=O) groups excluding carboxylic acids is 1. The number of para-hydroxylation sites is 2. The molecule has 0 saturated heterocycles. The van der Waals surface area contributed by atoms with E-state index in [0.717, 1.165) is 30.1 Å². The molecule has 3 atom stereocenters. The van der Waals surface area contributed by atoms with Gasteiger partial charge in [0, 0.05) is 12.6 Å². The van der Waals surface area contributed by atoms with Crippen LogP contribution in [0, 0.1) is 5.92 Å². The highest BCUT2D eigenvalue weighted by molar-refractivity contribution is 5.88. The minimum Gasteiger partial charge on any atom is -0.381 e. The van der Waals surface area contributed by atoms with E-state index < -0.39 is 0 Å². The smallest absolute Gasteiger partial charge is 0.244 e. The Kier molecular flexibility index (Phi) is 3.32. The zero-order valence-electron chi connectivity index (χ0n) is 11.3. The van der Waals surface area contributed by atoms with E-state index in [1.54, 1.807) is 0 Å². The third kappa shape index (κ3) is 2.67. The Labute approximate surface area is 114 Å². The standard InChI is InChI=1S/C15H21N3O/c1-10-6-7-11(8-10)17-15(19)14-9-16-12-4-2-3-5-13(12)18-14/h2-5,10-11,14,16,18H,6-9H2,1H3,(H,17,19). The Bertz CT molecular complexity index is 474. The van der Waals surface area contributed by atoms with Gasteiger partial charge in [0.2, 0.25) is 5.91 Å². The Morgan fingerprint density at radius 1 is 1.26 bits per heavy atom. The van der Waals surface area contributed by atoms with Crippen molar-refractivity contribution < 1.29 is 4.79 Å². The highest BCUT2D eigenvalue weighted by atomic mass is 16.2. The molecule has 1 fully saturated rings. The lowest BCUT2D eigenvalue weighted by Crippen LogP contribution is -2.48. The van der Waals surface area contributed by atoms with Crippen molar-refractivity contribution in [1.82, 2.24) is 5.32 Å². The number of fused-ring (bicyclic) bond motifs is 1. The highest BCUT2D eigenvalue weighted by Crippen LogP contribution is 2.27. The van der Waals surface area contributed by atoms with Crippen molar-refractivity contribution in [1.29, 1.82) is 0 Å². The first-order valence-corrected chi connectivity index (χ1v) is 7.12. The second-order valence-corrected chi connectivity index (χ2v) is 5.75. The van der Waals surface area contributed by atoms with Gasteiger partial charge < -0.3 is 16.0 Å². The third-order valence-corrected chi connectivity index (χ3v) is 4.11. The minimum absolute atomic E-state index is 0.112. The zero-order valence-corrected chi connectivity index (χ0v) is 11.3. The van der Waals surface area contributed by atoms with Crippen LogP contribution in [-0.4, -0.2) is 24.5 Å². The fourth-order valence-electron chi connectivity index (χ4n) is 3.01. The van der Waals surface area contributed by atoms with Crippen LogP contribution in [-0.2, 0) is 4.79 Å². The van der Waals surface area contributed by atoms with Crippen LogP contribution in [0.4, 0.5) is 11.4 Å². The largest absolute Gasteiger partial charge is 0.381 e. The summed E-state index contributed by atoms with van der Waals surface area (Å²) >= 11 is 0. The molecule has 3 unspecified atom stereocenters. The molecule has 1 aliphatic heterocycles. The van der Waals surface area contributed by atoms with Gasteiger partial charge in [0.25, 0.3) is 0 Å². The summed E-state index contributed by atoms with van der Waals surface area (Å²) in [5.74, 6) is 0.851. The first kappa shape index (κ1) is 12.3. The molecule has 0 bridgehead atoms. The normalized spacial score (nSPS) is 29.0. The van der Waals surface area contributed by atoms with Gasteiger partial charge in [-0.05, 0) is 37.3 Å². The van der Waals surface area contributed by atoms with Gasteiger partial charge in [-0.2, -0.15) is 0 Å². The van der Waals surface area contributed by atoms with Gasteiger partial charge >= 0.3 is 0 Å². The van der Waals surface area contributed by atoms with E-state index in [4.69, 9.17) is 0 Å². The first-order valence-electron chi connectivity index (χ1n) is 7.12. The number of anilines is 2. The quantitative estimate of drug-likeness (QED) is 0.763. The molecule has 4 heteroatoms. The molecule has 1 heterocycles. The molecule has 102 valence electrons. The average Bonchev–Trinajstić information content (AvgIpc) is 2.83. The molecule has 0 spiro atoms. The first-order chi connectivity index (χ1) is 9.22. The van der Waals surface area contributed by atoms with Gasteiger partial charge in [0.15, 0.2) is 0 Å². The summed E-state index contributed by atoms with van der Waals surface area (Å²) in [5, 5.41) is 9.78. The summed E-state index contributed by atoms with van der Waals surface area (Å²) in [5.41, 5.74) is 2.08. The maximum atomic E-state index is 12.3. The van der Waals surface area contributed by atoms with E-state index in [0.29, 0.717) is 12.6 Å². The third-order valence-electron chi connectivity index (χ3n) is 4.11. The minimum atomic E-state index is -0.175. The van der Waals surface area contributed by atoms with Crippen LogP contribution < -0.4 is 16.0 Å². The average molecular weight is 259 g/mol. The van der Waals surface area contributed by atoms with Crippen molar-refractivity contribution in [3.05, 3.63) is 24.3 Å². The molecule has 3 rings (SSSR count). The summed E-state index contributed by atoms with van der Waals surface area (Å²) in [4.78, 5) is 12.3. The number of hydrogen-bond acceptors (Lipinski definition) is 3. The molecule has 2 aliphatic rings. The summed E-state index contributed by atoms with van der Waals surface area (Å²) in [7, 11) is 0. The predicted molar refractivity (Wildman–Crippen MR) is 77.3 cm³/mol. The molecule has 1 saturated carbocycles. The number of amides is 1. The lowest BCUT2D eigenvalue weighted by molar-refractivity contribution is -0.122. The van der Waals surface area contributed by atoms with Crippen LogP contribution in [0.1, 0.15) is 26.2 Å². The van der Waals surface area contributed by atoms with Crippen molar-refractivity contribution >= 4 is 17.3 Å². The number of nitrogens with one attached hydrogen (secondary N) is 3. The summed E-state index contributed by atoms with van der Waals surface area (Å²) in [6, 6.07) is 8.18. The number of rotatable bonds is 2. The van der Waals surface area contributed by atoms with Crippen molar-refractivity contribution in [2.75, 3.05) is 17.2 Å². The van der Waals surface area contributed by atoms with Gasteiger partial charge in [0.1, 0.15) is 6.04 Å². The number of hydrogen-bond donors (Lipinski definition) is 3. The van der Waals surface area contributed by atoms with Gasteiger partial charge in [-0.1, -0.05) is 19.1 Å². The molecule has 1 aromatic rings. The van der Waals surface area contributed by atoms with Crippen LogP contribution in [0.2, 0.25) is 0 Å². The van der Waals surface area contributed by atoms with Crippen LogP contribution in [0.5, 0.6) is 0 Å². The fraction of sp³-hybridized carbons (Fsp3) is 0.533. The Balaban J connectivity index is 1.60. The zero-order chi connectivity index (χ0) is 13.2. The summed E-state index contributed by atoms with van der Waals surface area (Å²) in [6.07, 6.45) is 3.45. The summed E-state index contributed by atoms with van der Waals surface area (Å²) in [6.45, 7) is 2.90. The number of carbonyl (C=O) groups is 1. The Hall–Kier alpha value is -1.71. The van der Waals surface area contributed by atoms with Crippen LogP contribution in [0.25, 0.3) is 0 Å². The SMILES string of the molecule is CC1CCC(NC(=O)C2CNc3ccccc3N2)C1. The maximum absolute atomic E-state index is 12.3. The van der Waals surface area contributed by atoms with E-state index in [-0.39, 0.29) is 11.9 Å². The van der Waals surface area contributed by atoms with Gasteiger partial charge in [-0.3, -0.25) is 4.79 Å². The lowest BCUT2D eigenvalue weighted by atomic mass is 10.1. The molecule has 0 aromatic heterocycles. The van der Waals surface area contributed by atoms with E-state index in [1.165, 1.54) is 6.42 Å². The molecule has 19 heavy (non-hydrogen) atoms. The van der Waals surface area contributed by atoms with Crippen molar-refractivity contribution in [2.45, 2.75) is 38.3 Å². The topological polar surface area (TPSA) is 53.2 Å². The van der Waals surface area contributed by atoms with Gasteiger partial charge in [-0.25, -0.2) is 0 Å². The van der Waals surface area contributed by atoms with E-state index in [1.807, 2.05) is 24.3 Å². The van der Waals surface area contributed by atoms with Crippen molar-refractivity contribution in [3.8, 4) is 0 Å². The molecule has 0 radical (unpaired) electrons. The van der Waals surface area contributed by atoms with Crippen molar-refractivity contribution in [3.63, 3.8) is 0 Å². The molecular weight excluding hydrogens is 238 g/mol. The Morgan fingerprint density at radius 3 is 2.79 bits per heavy atom. The maximum Gasteiger partial charge on any atom is 0.244 e. The second-order valence-electron chi connectivity index (χ2n) is 5.75. The Morgan fingerprint density at radius 2 is 2.05 bits per heavy atom. The van der Waals surface area contributed by atoms with Crippen LogP contribution in [0.3, 0.4) is 0 Å². The fourth-order valence-corrected chi connectivity index (χ4v) is 3.01. The number of benzene rings is 1. The van der Waals surface area contributed by atoms with Gasteiger partial charge in [0.05, 0.1) is 11.4 Å². The molecule has 1 amide bonds. The molecule has 3 N–H and O–H groups in total. The van der Waals surface area contributed by atoms with Crippen molar-refractivity contribution in [2.24, 2.45) is 5.92 Å². The van der Waals surface area contributed by atoms with E-state index in [2.05, 4.69) is 22.9 Å². The molecule has 1 aliphatic carbocycles. The molecular formula is C15H21N3O. The molecule has 1 aromatic carbocycles. The summed E-state index contributed by atoms with van der Waals surface area (Å²) < 4.78 is 0. The van der Waals surface area contributed by atoms with Gasteiger partial charge in [-0.15, -0.1) is 0 Å². The second kappa shape index (κ2) is 5.11. The van der Waals surface area contributed by atoms with Crippen LogP contribution >= 0.6 is 0 Å². The van der Waals surface area contributed by atoms with E-state index in [9.17, 15) is 4.79 Å². The molecule has 4 nitrogen and oxygen atoms in total. The monoisotopic (exact) mass is 259 g/mol. The highest BCUT2D eigenvalue weighted by Gasteiger charge is 2.28. The van der Waals surface area contributed by atoms with Crippen LogP contribution in [0.15, 0.2) is 24.3 Å².